The van der Waals surface area contributed by atoms with Gasteiger partial charge in [-0.15, -0.1) is 0 Å². The van der Waals surface area contributed by atoms with Gasteiger partial charge in [0.1, 0.15) is 5.60 Å². The van der Waals surface area contributed by atoms with Crippen molar-refractivity contribution in [3.8, 4) is 0 Å². The second-order valence-electron chi connectivity index (χ2n) is 5.83. The number of amides is 1. The van der Waals surface area contributed by atoms with Gasteiger partial charge in [-0.25, -0.2) is 0 Å². The van der Waals surface area contributed by atoms with Crippen molar-refractivity contribution in [3.63, 3.8) is 0 Å². The molecule has 1 aromatic rings. The zero-order valence-electron chi connectivity index (χ0n) is 11.2. The Labute approximate surface area is 118 Å². The summed E-state index contributed by atoms with van der Waals surface area (Å²) in [5, 5.41) is 0. The predicted octanol–water partition coefficient (Wildman–Crippen LogP) is 2.50. The van der Waals surface area contributed by atoms with Gasteiger partial charge in [-0.2, -0.15) is 0 Å². The first-order chi connectivity index (χ1) is 9.79. The van der Waals surface area contributed by atoms with Crippen molar-refractivity contribution in [2.75, 3.05) is 6.54 Å². The smallest absolute Gasteiger partial charge is 0.234 e. The highest BCUT2D eigenvalue weighted by Gasteiger charge is 2.58. The summed E-state index contributed by atoms with van der Waals surface area (Å²) in [6.07, 6.45) is 9.02. The van der Waals surface area contributed by atoms with Crippen LogP contribution in [0.2, 0.25) is 0 Å². The maximum Gasteiger partial charge on any atom is 0.234 e. The molecular formula is C17H17NO2. The number of benzene rings is 1. The predicted molar refractivity (Wildman–Crippen MR) is 75.6 cm³/mol. The molecule has 1 fully saturated rings. The van der Waals surface area contributed by atoms with Crippen LogP contribution in [0.15, 0.2) is 54.8 Å². The van der Waals surface area contributed by atoms with Crippen LogP contribution in [-0.2, 0) is 16.1 Å². The summed E-state index contributed by atoms with van der Waals surface area (Å²) in [5.74, 6) is 0.403. The van der Waals surface area contributed by atoms with E-state index in [0.29, 0.717) is 19.0 Å². The summed E-state index contributed by atoms with van der Waals surface area (Å²) in [4.78, 5) is 14.6. The van der Waals surface area contributed by atoms with E-state index in [-0.39, 0.29) is 17.4 Å². The summed E-state index contributed by atoms with van der Waals surface area (Å²) in [5.41, 5.74) is 0.822. The number of hydrogen-bond acceptors (Lipinski definition) is 2. The van der Waals surface area contributed by atoms with Gasteiger partial charge >= 0.3 is 0 Å². The maximum atomic E-state index is 12.6. The summed E-state index contributed by atoms with van der Waals surface area (Å²) in [6.45, 7) is 1.36. The molecule has 0 N–H and O–H groups in total. The lowest BCUT2D eigenvalue weighted by Crippen LogP contribution is -2.45. The molecule has 3 aliphatic rings. The Bertz CT molecular complexity index is 592. The molecule has 1 spiro atoms. The van der Waals surface area contributed by atoms with Gasteiger partial charge in [0.15, 0.2) is 0 Å². The van der Waals surface area contributed by atoms with E-state index >= 15 is 0 Å². The van der Waals surface area contributed by atoms with Crippen molar-refractivity contribution < 1.29 is 9.53 Å². The summed E-state index contributed by atoms with van der Waals surface area (Å²) in [7, 11) is 0. The van der Waals surface area contributed by atoms with Crippen molar-refractivity contribution in [1.82, 2.24) is 4.90 Å². The highest BCUT2D eigenvalue weighted by atomic mass is 16.5. The quantitative estimate of drug-likeness (QED) is 0.771. The van der Waals surface area contributed by atoms with Crippen LogP contribution in [0.3, 0.4) is 0 Å². The lowest BCUT2D eigenvalue weighted by atomic mass is 9.74. The number of hydrogen-bond donors (Lipinski definition) is 0. The van der Waals surface area contributed by atoms with Crippen LogP contribution in [0.4, 0.5) is 0 Å². The highest BCUT2D eigenvalue weighted by Crippen LogP contribution is 2.47. The van der Waals surface area contributed by atoms with Crippen molar-refractivity contribution >= 4 is 5.91 Å². The molecule has 0 radical (unpaired) electrons. The van der Waals surface area contributed by atoms with Crippen LogP contribution in [0.5, 0.6) is 0 Å². The zero-order valence-corrected chi connectivity index (χ0v) is 11.2. The third-order valence-electron chi connectivity index (χ3n) is 4.70. The van der Waals surface area contributed by atoms with E-state index in [1.165, 1.54) is 5.56 Å². The van der Waals surface area contributed by atoms with Crippen LogP contribution >= 0.6 is 0 Å². The number of nitrogens with zero attached hydrogens (tertiary/aromatic N) is 1. The SMILES string of the molecule is O=C1[C@H]2C=CC[C@@H]3C=CO[C@]23CN1Cc1ccccc1. The van der Waals surface area contributed by atoms with Gasteiger partial charge in [-0.05, 0) is 18.1 Å². The van der Waals surface area contributed by atoms with E-state index in [0.717, 1.165) is 6.42 Å². The summed E-state index contributed by atoms with van der Waals surface area (Å²) in [6, 6.07) is 10.1. The van der Waals surface area contributed by atoms with Crippen LogP contribution in [0.25, 0.3) is 0 Å². The largest absolute Gasteiger partial charge is 0.492 e. The van der Waals surface area contributed by atoms with Crippen molar-refractivity contribution in [1.29, 1.82) is 0 Å². The Morgan fingerprint density at radius 1 is 1.25 bits per heavy atom. The Balaban J connectivity index is 1.62. The fraction of sp³-hybridized carbons (Fsp3) is 0.353. The molecule has 20 heavy (non-hydrogen) atoms. The first kappa shape index (κ1) is 11.8. The Kier molecular flexibility index (Phi) is 2.49. The first-order valence-corrected chi connectivity index (χ1v) is 7.13. The van der Waals surface area contributed by atoms with E-state index in [2.05, 4.69) is 24.3 Å². The molecule has 1 aromatic carbocycles. The van der Waals surface area contributed by atoms with Gasteiger partial charge in [0.05, 0.1) is 18.7 Å². The molecule has 2 aliphatic heterocycles. The molecule has 0 unspecified atom stereocenters. The van der Waals surface area contributed by atoms with E-state index in [1.807, 2.05) is 29.2 Å². The monoisotopic (exact) mass is 267 g/mol. The topological polar surface area (TPSA) is 29.5 Å². The summed E-state index contributed by atoms with van der Waals surface area (Å²) < 4.78 is 5.91. The van der Waals surface area contributed by atoms with Gasteiger partial charge in [-0.3, -0.25) is 4.79 Å². The molecule has 2 heterocycles. The number of rotatable bonds is 2. The number of ether oxygens (including phenoxy) is 1. The average Bonchev–Trinajstić information content (AvgIpc) is 3.00. The maximum absolute atomic E-state index is 12.6. The van der Waals surface area contributed by atoms with E-state index in [1.54, 1.807) is 6.26 Å². The molecule has 0 bridgehead atoms. The first-order valence-electron chi connectivity index (χ1n) is 7.13. The molecule has 3 heteroatoms. The normalized spacial score (nSPS) is 34.0. The lowest BCUT2D eigenvalue weighted by Gasteiger charge is -2.35. The van der Waals surface area contributed by atoms with Crippen LogP contribution in [0.1, 0.15) is 12.0 Å². The van der Waals surface area contributed by atoms with Crippen LogP contribution < -0.4 is 0 Å². The molecule has 4 rings (SSSR count). The van der Waals surface area contributed by atoms with Crippen LogP contribution in [0, 0.1) is 11.8 Å². The van der Waals surface area contributed by atoms with E-state index < -0.39 is 0 Å². The van der Waals surface area contributed by atoms with Crippen molar-refractivity contribution in [3.05, 3.63) is 60.4 Å². The highest BCUT2D eigenvalue weighted by molar-refractivity contribution is 5.85. The third kappa shape index (κ3) is 1.56. The standard InChI is InChI=1S/C17H17NO2/c19-16-15-8-4-7-14-9-10-20-17(14,15)12-18(16)11-13-5-2-1-3-6-13/h1-6,8-10,14-15H,7,11-12H2/t14-,15-,17+/m1/s1. The fourth-order valence-corrected chi connectivity index (χ4v) is 3.67. The van der Waals surface area contributed by atoms with Gasteiger partial charge in [0.25, 0.3) is 0 Å². The molecule has 1 aliphatic carbocycles. The van der Waals surface area contributed by atoms with Gasteiger partial charge in [0.2, 0.25) is 5.91 Å². The Morgan fingerprint density at radius 3 is 2.95 bits per heavy atom. The zero-order chi connectivity index (χ0) is 13.6. The van der Waals surface area contributed by atoms with Crippen molar-refractivity contribution in [2.24, 2.45) is 11.8 Å². The number of carbonyl (C=O) groups excluding carboxylic acids is 1. The molecule has 0 saturated carbocycles. The minimum Gasteiger partial charge on any atom is -0.492 e. The molecule has 3 nitrogen and oxygen atoms in total. The second kappa shape index (κ2) is 4.23. The average molecular weight is 267 g/mol. The Morgan fingerprint density at radius 2 is 2.10 bits per heavy atom. The third-order valence-corrected chi connectivity index (χ3v) is 4.70. The number of carbonyl (C=O) groups is 1. The minimum absolute atomic E-state index is 0.125. The molecule has 1 saturated heterocycles. The molecular weight excluding hydrogens is 250 g/mol. The van der Waals surface area contributed by atoms with Gasteiger partial charge in [-0.1, -0.05) is 42.5 Å². The van der Waals surface area contributed by atoms with E-state index in [9.17, 15) is 4.79 Å². The minimum atomic E-state index is -0.347. The molecule has 1 amide bonds. The van der Waals surface area contributed by atoms with Crippen molar-refractivity contribution in [2.45, 2.75) is 18.6 Å². The number of allylic oxidation sites excluding steroid dienone is 1. The molecule has 102 valence electrons. The number of likely N-dealkylation sites (tertiary alicyclic amines) is 1. The fourth-order valence-electron chi connectivity index (χ4n) is 3.67. The van der Waals surface area contributed by atoms with Crippen LogP contribution in [-0.4, -0.2) is 23.0 Å². The Hall–Kier alpha value is -2.03. The molecule has 0 aromatic heterocycles. The van der Waals surface area contributed by atoms with Gasteiger partial charge in [0, 0.05) is 12.5 Å². The second-order valence-corrected chi connectivity index (χ2v) is 5.83. The van der Waals surface area contributed by atoms with E-state index in [4.69, 9.17) is 4.74 Å². The molecule has 3 atom stereocenters. The summed E-state index contributed by atoms with van der Waals surface area (Å²) >= 11 is 0. The lowest BCUT2D eigenvalue weighted by molar-refractivity contribution is -0.131. The van der Waals surface area contributed by atoms with Gasteiger partial charge < -0.3 is 9.64 Å².